The molecule has 2 rings (SSSR count). The molecule has 0 aromatic heterocycles. The minimum Gasteiger partial charge on any atom is -0.313 e. The van der Waals surface area contributed by atoms with Crippen molar-refractivity contribution in [2.75, 3.05) is 7.05 Å². The van der Waals surface area contributed by atoms with Gasteiger partial charge in [-0.15, -0.1) is 0 Å². The number of rotatable bonds is 4. The second-order valence-electron chi connectivity index (χ2n) is 5.80. The molecule has 0 amide bonds. The van der Waals surface area contributed by atoms with Gasteiger partial charge in [0.1, 0.15) is 0 Å². The Morgan fingerprint density at radius 2 is 2.06 bits per heavy atom. The van der Waals surface area contributed by atoms with Gasteiger partial charge in [0.2, 0.25) is 0 Å². The van der Waals surface area contributed by atoms with Crippen LogP contribution in [0.5, 0.6) is 0 Å². The number of aryl methyl sites for hydroxylation is 1. The lowest BCUT2D eigenvalue weighted by Gasteiger charge is -2.37. The van der Waals surface area contributed by atoms with Crippen molar-refractivity contribution >= 4 is 0 Å². The van der Waals surface area contributed by atoms with Crippen LogP contribution < -0.4 is 5.32 Å². The zero-order valence-electron chi connectivity index (χ0n) is 12.1. The van der Waals surface area contributed by atoms with Gasteiger partial charge < -0.3 is 5.32 Å². The van der Waals surface area contributed by atoms with Gasteiger partial charge in [0.25, 0.3) is 0 Å². The van der Waals surface area contributed by atoms with Crippen molar-refractivity contribution in [3.8, 4) is 0 Å². The minimum absolute atomic E-state index is 0.537. The lowest BCUT2D eigenvalue weighted by atomic mass is 9.72. The van der Waals surface area contributed by atoms with Gasteiger partial charge in [0.15, 0.2) is 0 Å². The summed E-state index contributed by atoms with van der Waals surface area (Å²) >= 11 is 0. The molecule has 3 unspecified atom stereocenters. The lowest BCUT2D eigenvalue weighted by Crippen LogP contribution is -2.32. The maximum Gasteiger partial charge on any atom is 0.0348 e. The number of hydrogen-bond donors (Lipinski definition) is 1. The Morgan fingerprint density at radius 1 is 1.28 bits per heavy atom. The van der Waals surface area contributed by atoms with E-state index in [1.807, 2.05) is 0 Å². The van der Waals surface area contributed by atoms with Crippen molar-refractivity contribution in [1.29, 1.82) is 0 Å². The molecule has 0 radical (unpaired) electrons. The van der Waals surface area contributed by atoms with Crippen molar-refractivity contribution in [2.45, 2.75) is 52.0 Å². The van der Waals surface area contributed by atoms with Gasteiger partial charge in [0, 0.05) is 6.04 Å². The molecule has 1 aliphatic rings. The van der Waals surface area contributed by atoms with Gasteiger partial charge in [-0.3, -0.25) is 0 Å². The molecule has 1 fully saturated rings. The summed E-state index contributed by atoms with van der Waals surface area (Å²) in [4.78, 5) is 0. The molecule has 1 nitrogen and oxygen atoms in total. The normalized spacial score (nSPS) is 25.9. The van der Waals surface area contributed by atoms with E-state index in [-0.39, 0.29) is 0 Å². The number of benzene rings is 1. The zero-order valence-corrected chi connectivity index (χ0v) is 12.1. The minimum atomic E-state index is 0.537. The van der Waals surface area contributed by atoms with Crippen molar-refractivity contribution in [3.05, 3.63) is 35.4 Å². The molecule has 100 valence electrons. The maximum atomic E-state index is 3.58. The van der Waals surface area contributed by atoms with E-state index in [1.54, 1.807) is 0 Å². The third-order valence-electron chi connectivity index (χ3n) is 4.63. The van der Waals surface area contributed by atoms with Crippen molar-refractivity contribution in [1.82, 2.24) is 5.32 Å². The highest BCUT2D eigenvalue weighted by molar-refractivity contribution is 5.25. The van der Waals surface area contributed by atoms with Gasteiger partial charge in [0.05, 0.1) is 0 Å². The summed E-state index contributed by atoms with van der Waals surface area (Å²) in [6.07, 6.45) is 6.97. The van der Waals surface area contributed by atoms with Gasteiger partial charge in [-0.25, -0.2) is 0 Å². The quantitative estimate of drug-likeness (QED) is 0.825. The molecule has 18 heavy (non-hydrogen) atoms. The van der Waals surface area contributed by atoms with Gasteiger partial charge in [-0.1, -0.05) is 62.4 Å². The smallest absolute Gasteiger partial charge is 0.0348 e. The van der Waals surface area contributed by atoms with Crippen LogP contribution in [-0.2, 0) is 0 Å². The molecule has 1 aliphatic carbocycles. The second-order valence-corrected chi connectivity index (χ2v) is 5.80. The van der Waals surface area contributed by atoms with Crippen LogP contribution in [0.4, 0.5) is 0 Å². The van der Waals surface area contributed by atoms with E-state index in [0.717, 1.165) is 11.8 Å². The van der Waals surface area contributed by atoms with E-state index < -0.39 is 0 Å². The van der Waals surface area contributed by atoms with E-state index in [0.29, 0.717) is 6.04 Å². The van der Waals surface area contributed by atoms with Crippen LogP contribution in [0.2, 0.25) is 0 Å². The first-order valence-corrected chi connectivity index (χ1v) is 7.50. The van der Waals surface area contributed by atoms with E-state index in [9.17, 15) is 0 Å². The largest absolute Gasteiger partial charge is 0.313 e. The molecule has 1 aromatic carbocycles. The average molecular weight is 245 g/mol. The van der Waals surface area contributed by atoms with Crippen LogP contribution in [0.25, 0.3) is 0 Å². The monoisotopic (exact) mass is 245 g/mol. The Hall–Kier alpha value is -0.820. The summed E-state index contributed by atoms with van der Waals surface area (Å²) in [7, 11) is 2.12. The first-order chi connectivity index (χ1) is 8.76. The second kappa shape index (κ2) is 6.38. The Kier molecular flexibility index (Phi) is 4.82. The summed E-state index contributed by atoms with van der Waals surface area (Å²) < 4.78 is 0. The fraction of sp³-hybridized carbons (Fsp3) is 0.647. The Morgan fingerprint density at radius 3 is 2.72 bits per heavy atom. The molecule has 0 heterocycles. The predicted octanol–water partition coefficient (Wildman–Crippen LogP) is 4.47. The van der Waals surface area contributed by atoms with Crippen LogP contribution in [0, 0.1) is 18.8 Å². The van der Waals surface area contributed by atoms with Crippen LogP contribution in [-0.4, -0.2) is 7.05 Å². The molecule has 0 bridgehead atoms. The summed E-state index contributed by atoms with van der Waals surface area (Å²) in [5.41, 5.74) is 2.85. The third-order valence-corrected chi connectivity index (χ3v) is 4.63. The SMILES string of the molecule is CCC1CCCCC1C(NC)c1cccc(C)c1. The highest BCUT2D eigenvalue weighted by Crippen LogP contribution is 2.40. The van der Waals surface area contributed by atoms with E-state index in [2.05, 4.69) is 50.5 Å². The van der Waals surface area contributed by atoms with Gasteiger partial charge in [-0.2, -0.15) is 0 Å². The van der Waals surface area contributed by atoms with E-state index >= 15 is 0 Å². The van der Waals surface area contributed by atoms with E-state index in [4.69, 9.17) is 0 Å². The van der Waals surface area contributed by atoms with Gasteiger partial charge >= 0.3 is 0 Å². The molecule has 0 spiro atoms. The van der Waals surface area contributed by atoms with Crippen molar-refractivity contribution in [3.63, 3.8) is 0 Å². The predicted molar refractivity (Wildman–Crippen MR) is 78.7 cm³/mol. The van der Waals surface area contributed by atoms with Crippen LogP contribution in [0.1, 0.15) is 56.2 Å². The zero-order chi connectivity index (χ0) is 13.0. The summed E-state index contributed by atoms with van der Waals surface area (Å²) in [6, 6.07) is 9.56. The maximum absolute atomic E-state index is 3.58. The van der Waals surface area contributed by atoms with Crippen molar-refractivity contribution < 1.29 is 0 Å². The molecular formula is C17H27N. The van der Waals surface area contributed by atoms with Gasteiger partial charge in [-0.05, 0) is 37.8 Å². The number of nitrogens with one attached hydrogen (secondary N) is 1. The Labute approximate surface area is 112 Å². The molecule has 3 atom stereocenters. The summed E-state index contributed by atoms with van der Waals surface area (Å²) in [6.45, 7) is 4.54. The molecule has 0 saturated heterocycles. The highest BCUT2D eigenvalue weighted by atomic mass is 14.9. The molecule has 0 aliphatic heterocycles. The summed E-state index contributed by atoms with van der Waals surface area (Å²) in [5.74, 6) is 1.72. The third kappa shape index (κ3) is 2.95. The van der Waals surface area contributed by atoms with Crippen LogP contribution in [0.3, 0.4) is 0 Å². The lowest BCUT2D eigenvalue weighted by molar-refractivity contribution is 0.180. The molecule has 1 saturated carbocycles. The number of hydrogen-bond acceptors (Lipinski definition) is 1. The van der Waals surface area contributed by atoms with Crippen molar-refractivity contribution in [2.24, 2.45) is 11.8 Å². The average Bonchev–Trinajstić information content (AvgIpc) is 2.40. The van der Waals surface area contributed by atoms with Crippen LogP contribution in [0.15, 0.2) is 24.3 Å². The Balaban J connectivity index is 2.21. The first-order valence-electron chi connectivity index (χ1n) is 7.50. The summed E-state index contributed by atoms with van der Waals surface area (Å²) in [5, 5.41) is 3.58. The highest BCUT2D eigenvalue weighted by Gasteiger charge is 2.30. The van der Waals surface area contributed by atoms with Crippen LogP contribution >= 0.6 is 0 Å². The molecule has 1 aromatic rings. The first kappa shape index (κ1) is 13.6. The standard InChI is InChI=1S/C17H27N/c1-4-14-9-5-6-11-16(14)17(18-3)15-10-7-8-13(2)12-15/h7-8,10,12,14,16-18H,4-6,9,11H2,1-3H3. The Bertz CT molecular complexity index is 372. The topological polar surface area (TPSA) is 12.0 Å². The van der Waals surface area contributed by atoms with E-state index in [1.165, 1.54) is 43.2 Å². The fourth-order valence-electron chi connectivity index (χ4n) is 3.67. The molecule has 1 N–H and O–H groups in total. The fourth-order valence-corrected chi connectivity index (χ4v) is 3.67. The molecule has 1 heteroatoms. The molecular weight excluding hydrogens is 218 g/mol.